The van der Waals surface area contributed by atoms with Gasteiger partial charge in [0.2, 0.25) is 5.91 Å². The summed E-state index contributed by atoms with van der Waals surface area (Å²) in [6.07, 6.45) is 2.79. The van der Waals surface area contributed by atoms with Gasteiger partial charge in [-0.2, -0.15) is 0 Å². The molecule has 0 radical (unpaired) electrons. The molecule has 0 bridgehead atoms. The van der Waals surface area contributed by atoms with Crippen LogP contribution in [-0.4, -0.2) is 35.9 Å². The average Bonchev–Trinajstić information content (AvgIpc) is 2.89. The minimum absolute atomic E-state index is 0.126. The van der Waals surface area contributed by atoms with E-state index in [1.807, 2.05) is 20.3 Å². The summed E-state index contributed by atoms with van der Waals surface area (Å²) < 4.78 is 0. The van der Waals surface area contributed by atoms with Crippen LogP contribution in [0.15, 0.2) is 30.5 Å². The van der Waals surface area contributed by atoms with Crippen molar-refractivity contribution in [2.75, 3.05) is 14.1 Å². The maximum atomic E-state index is 12.2. The molecule has 0 fully saturated rings. The summed E-state index contributed by atoms with van der Waals surface area (Å²) in [7, 11) is 3.62. The highest BCUT2D eigenvalue weighted by Gasteiger charge is 2.20. The second-order valence-corrected chi connectivity index (χ2v) is 6.19. The number of nitrogens with zero attached hydrogens (tertiary/aromatic N) is 1. The first kappa shape index (κ1) is 15.6. The number of aromatic amines is 1. The smallest absolute Gasteiger partial charge is 0.239 e. The van der Waals surface area contributed by atoms with E-state index in [0.717, 1.165) is 11.9 Å². The molecule has 4 nitrogen and oxygen atoms in total. The molecule has 1 aromatic carbocycles. The summed E-state index contributed by atoms with van der Waals surface area (Å²) >= 11 is 0. The van der Waals surface area contributed by atoms with Crippen molar-refractivity contribution in [2.24, 2.45) is 5.92 Å². The number of H-pyrrole nitrogens is 1. The molecule has 1 heterocycles. The van der Waals surface area contributed by atoms with Crippen LogP contribution in [0.2, 0.25) is 0 Å². The number of fused-ring (bicyclic) bond motifs is 1. The van der Waals surface area contributed by atoms with Gasteiger partial charge >= 0.3 is 0 Å². The predicted molar refractivity (Wildman–Crippen MR) is 87.1 cm³/mol. The number of amides is 1. The first-order valence-corrected chi connectivity index (χ1v) is 7.48. The molecule has 2 rings (SSSR count). The van der Waals surface area contributed by atoms with E-state index >= 15 is 0 Å². The van der Waals surface area contributed by atoms with Crippen LogP contribution >= 0.6 is 0 Å². The molecule has 0 aliphatic rings. The normalized spacial score (nSPS) is 12.8. The Kier molecular flexibility index (Phi) is 5.02. The fraction of sp³-hybridized carbons (Fsp3) is 0.471. The van der Waals surface area contributed by atoms with E-state index in [1.54, 1.807) is 4.90 Å². The molecule has 0 aliphatic heterocycles. The van der Waals surface area contributed by atoms with Crippen LogP contribution in [0.25, 0.3) is 10.9 Å². The zero-order valence-electron chi connectivity index (χ0n) is 13.3. The van der Waals surface area contributed by atoms with Gasteiger partial charge in [0.25, 0.3) is 0 Å². The summed E-state index contributed by atoms with van der Waals surface area (Å²) in [6, 6.07) is 8.28. The summed E-state index contributed by atoms with van der Waals surface area (Å²) in [5.41, 5.74) is 2.32. The van der Waals surface area contributed by atoms with E-state index in [0.29, 0.717) is 12.5 Å². The Balaban J connectivity index is 2.04. The lowest BCUT2D eigenvalue weighted by atomic mass is 10.0. The lowest BCUT2D eigenvalue weighted by Crippen LogP contribution is -2.44. The van der Waals surface area contributed by atoms with E-state index in [-0.39, 0.29) is 11.9 Å². The molecule has 1 amide bonds. The Hall–Kier alpha value is -1.81. The highest BCUT2D eigenvalue weighted by atomic mass is 16.2. The summed E-state index contributed by atoms with van der Waals surface area (Å²) in [6.45, 7) is 4.98. The molecule has 0 saturated carbocycles. The van der Waals surface area contributed by atoms with Crippen LogP contribution in [0.1, 0.15) is 25.8 Å². The molecule has 4 heteroatoms. The van der Waals surface area contributed by atoms with Gasteiger partial charge in [0.1, 0.15) is 0 Å². The van der Waals surface area contributed by atoms with Gasteiger partial charge in [0, 0.05) is 32.4 Å². The lowest BCUT2D eigenvalue weighted by molar-refractivity contribution is -0.131. The SMILES string of the molecule is CC(C)CC(NCc1ccc2cc[nH]c2c1)C(=O)N(C)C. The molecule has 0 spiro atoms. The number of carbonyl (C=O) groups is 1. The fourth-order valence-electron chi connectivity index (χ4n) is 2.50. The summed E-state index contributed by atoms with van der Waals surface area (Å²) in [4.78, 5) is 17.1. The number of nitrogens with one attached hydrogen (secondary N) is 2. The molecule has 114 valence electrons. The number of aromatic nitrogens is 1. The van der Waals surface area contributed by atoms with Crippen molar-refractivity contribution in [2.45, 2.75) is 32.9 Å². The van der Waals surface area contributed by atoms with Crippen LogP contribution < -0.4 is 5.32 Å². The molecular formula is C17H25N3O. The molecule has 1 unspecified atom stereocenters. The van der Waals surface area contributed by atoms with Gasteiger partial charge in [-0.25, -0.2) is 0 Å². The molecule has 1 aromatic heterocycles. The van der Waals surface area contributed by atoms with Crippen LogP contribution in [0.4, 0.5) is 0 Å². The van der Waals surface area contributed by atoms with E-state index < -0.39 is 0 Å². The van der Waals surface area contributed by atoms with Crippen LogP contribution in [0.3, 0.4) is 0 Å². The van der Waals surface area contributed by atoms with Gasteiger partial charge in [-0.1, -0.05) is 26.0 Å². The van der Waals surface area contributed by atoms with E-state index in [9.17, 15) is 4.79 Å². The number of benzene rings is 1. The Morgan fingerprint density at radius 3 is 2.71 bits per heavy atom. The molecule has 1 atom stereocenters. The van der Waals surface area contributed by atoms with Crippen molar-refractivity contribution in [3.05, 3.63) is 36.0 Å². The Morgan fingerprint density at radius 2 is 2.05 bits per heavy atom. The quantitative estimate of drug-likeness (QED) is 0.858. The molecule has 2 N–H and O–H groups in total. The minimum atomic E-state index is -0.126. The molecular weight excluding hydrogens is 262 g/mol. The number of rotatable bonds is 6. The highest BCUT2D eigenvalue weighted by molar-refractivity contribution is 5.81. The number of likely N-dealkylation sites (N-methyl/N-ethyl adjacent to an activating group) is 1. The van der Waals surface area contributed by atoms with E-state index in [2.05, 4.69) is 48.4 Å². The highest BCUT2D eigenvalue weighted by Crippen LogP contribution is 2.15. The fourth-order valence-corrected chi connectivity index (χ4v) is 2.50. The second kappa shape index (κ2) is 6.76. The zero-order chi connectivity index (χ0) is 15.4. The van der Waals surface area contributed by atoms with Crippen molar-refractivity contribution < 1.29 is 4.79 Å². The average molecular weight is 287 g/mol. The maximum absolute atomic E-state index is 12.2. The lowest BCUT2D eigenvalue weighted by Gasteiger charge is -2.23. The van der Waals surface area contributed by atoms with Gasteiger partial charge in [0.15, 0.2) is 0 Å². The topological polar surface area (TPSA) is 48.1 Å². The molecule has 0 saturated heterocycles. The Labute approximate surface area is 126 Å². The van der Waals surface area contributed by atoms with Crippen LogP contribution in [0.5, 0.6) is 0 Å². The second-order valence-electron chi connectivity index (χ2n) is 6.19. The molecule has 2 aromatic rings. The first-order chi connectivity index (χ1) is 9.97. The van der Waals surface area contributed by atoms with Crippen LogP contribution in [0, 0.1) is 5.92 Å². The van der Waals surface area contributed by atoms with Gasteiger partial charge in [-0.3, -0.25) is 4.79 Å². The number of hydrogen-bond acceptors (Lipinski definition) is 2. The van der Waals surface area contributed by atoms with E-state index in [4.69, 9.17) is 0 Å². The molecule has 21 heavy (non-hydrogen) atoms. The number of carbonyl (C=O) groups excluding carboxylic acids is 1. The summed E-state index contributed by atoms with van der Waals surface area (Å²) in [5, 5.41) is 4.61. The van der Waals surface area contributed by atoms with E-state index in [1.165, 1.54) is 10.9 Å². The first-order valence-electron chi connectivity index (χ1n) is 7.48. The number of hydrogen-bond donors (Lipinski definition) is 2. The monoisotopic (exact) mass is 287 g/mol. The van der Waals surface area contributed by atoms with Crippen molar-refractivity contribution in [1.29, 1.82) is 0 Å². The van der Waals surface area contributed by atoms with Crippen molar-refractivity contribution >= 4 is 16.8 Å². The van der Waals surface area contributed by atoms with Crippen molar-refractivity contribution in [1.82, 2.24) is 15.2 Å². The zero-order valence-corrected chi connectivity index (χ0v) is 13.3. The van der Waals surface area contributed by atoms with Crippen molar-refractivity contribution in [3.63, 3.8) is 0 Å². The third kappa shape index (κ3) is 4.08. The Bertz CT molecular complexity index is 601. The van der Waals surface area contributed by atoms with Gasteiger partial charge in [0.05, 0.1) is 6.04 Å². The van der Waals surface area contributed by atoms with Gasteiger partial charge < -0.3 is 15.2 Å². The maximum Gasteiger partial charge on any atom is 0.239 e. The largest absolute Gasteiger partial charge is 0.361 e. The van der Waals surface area contributed by atoms with Crippen LogP contribution in [-0.2, 0) is 11.3 Å². The summed E-state index contributed by atoms with van der Waals surface area (Å²) in [5.74, 6) is 0.627. The standard InChI is InChI=1S/C17H25N3O/c1-12(2)9-16(17(21)20(3)4)19-11-13-5-6-14-7-8-18-15(14)10-13/h5-8,10,12,16,18-19H,9,11H2,1-4H3. The molecule has 0 aliphatic carbocycles. The Morgan fingerprint density at radius 1 is 1.29 bits per heavy atom. The van der Waals surface area contributed by atoms with Gasteiger partial charge in [-0.05, 0) is 35.4 Å². The minimum Gasteiger partial charge on any atom is -0.361 e. The predicted octanol–water partition coefficient (Wildman–Crippen LogP) is 2.76. The third-order valence-electron chi connectivity index (χ3n) is 3.62. The third-order valence-corrected chi connectivity index (χ3v) is 3.62. The van der Waals surface area contributed by atoms with Crippen molar-refractivity contribution in [3.8, 4) is 0 Å². The van der Waals surface area contributed by atoms with Gasteiger partial charge in [-0.15, -0.1) is 0 Å².